The molecule has 1 aliphatic rings. The van der Waals surface area contributed by atoms with E-state index in [2.05, 4.69) is 0 Å². The summed E-state index contributed by atoms with van der Waals surface area (Å²) in [5, 5.41) is 0. The van der Waals surface area contributed by atoms with Crippen LogP contribution in [0.25, 0.3) is 6.08 Å². The van der Waals surface area contributed by atoms with Crippen LogP contribution in [0, 0.1) is 0 Å². The number of carbonyl (C=O) groups excluding carboxylic acids is 1. The predicted octanol–water partition coefficient (Wildman–Crippen LogP) is 2.84. The third kappa shape index (κ3) is 4.28. The second-order valence-electron chi connectivity index (χ2n) is 6.07. The molecule has 3 rings (SSSR count). The quantitative estimate of drug-likeness (QED) is 0.722. The van der Waals surface area contributed by atoms with E-state index in [0.717, 1.165) is 22.5 Å². The van der Waals surface area contributed by atoms with Gasteiger partial charge in [-0.25, -0.2) is 8.42 Å². The van der Waals surface area contributed by atoms with Gasteiger partial charge in [0.2, 0.25) is 15.9 Å². The maximum Gasteiger partial charge on any atom is 0.417 e. The van der Waals surface area contributed by atoms with E-state index in [-0.39, 0.29) is 32.1 Å². The van der Waals surface area contributed by atoms with Crippen LogP contribution in [0.2, 0.25) is 0 Å². The highest BCUT2D eigenvalue weighted by Gasteiger charge is 2.39. The number of halogens is 3. The number of nitrogens with zero attached hydrogens (tertiary/aromatic N) is 2. The Morgan fingerprint density at radius 2 is 1.71 bits per heavy atom. The van der Waals surface area contributed by atoms with Crippen LogP contribution >= 0.6 is 0 Å². The molecule has 150 valence electrons. The van der Waals surface area contributed by atoms with Crippen molar-refractivity contribution < 1.29 is 30.8 Å². The Hall–Kier alpha value is -2.59. The highest BCUT2D eigenvalue weighted by molar-refractivity contribution is 7.89. The topological polar surface area (TPSA) is 70.8 Å². The first-order valence-corrected chi connectivity index (χ1v) is 9.80. The van der Waals surface area contributed by atoms with E-state index in [1.165, 1.54) is 29.4 Å². The number of rotatable bonds is 4. The fourth-order valence-corrected chi connectivity index (χ4v) is 4.49. The summed E-state index contributed by atoms with van der Waals surface area (Å²) in [6.07, 6.45) is -0.516. The summed E-state index contributed by atoms with van der Waals surface area (Å²) in [5.74, 6) is 0.169. The first-order valence-electron chi connectivity index (χ1n) is 8.36. The van der Waals surface area contributed by atoms with Crippen molar-refractivity contribution in [2.24, 2.45) is 0 Å². The number of furan rings is 1. The van der Waals surface area contributed by atoms with Crippen molar-refractivity contribution in [3.8, 4) is 0 Å². The smallest absolute Gasteiger partial charge is 0.417 e. The minimum absolute atomic E-state index is 0.0781. The lowest BCUT2D eigenvalue weighted by atomic mass is 10.2. The van der Waals surface area contributed by atoms with Crippen molar-refractivity contribution in [3.63, 3.8) is 0 Å². The van der Waals surface area contributed by atoms with E-state index in [4.69, 9.17) is 4.42 Å². The van der Waals surface area contributed by atoms with Crippen molar-refractivity contribution in [2.45, 2.75) is 11.1 Å². The van der Waals surface area contributed by atoms with Crippen LogP contribution in [0.5, 0.6) is 0 Å². The van der Waals surface area contributed by atoms with Crippen molar-refractivity contribution >= 4 is 22.0 Å². The molecule has 0 atom stereocenters. The summed E-state index contributed by atoms with van der Waals surface area (Å²) in [4.78, 5) is 12.8. The zero-order chi connectivity index (χ0) is 20.4. The fraction of sp³-hybridized carbons (Fsp3) is 0.278. The Labute approximate surface area is 159 Å². The van der Waals surface area contributed by atoms with E-state index >= 15 is 0 Å². The molecule has 0 aliphatic carbocycles. The van der Waals surface area contributed by atoms with Gasteiger partial charge in [-0.05, 0) is 30.3 Å². The molecule has 0 radical (unpaired) electrons. The third-order valence-corrected chi connectivity index (χ3v) is 6.25. The molecular formula is C18H17F3N2O4S. The highest BCUT2D eigenvalue weighted by atomic mass is 32.2. The summed E-state index contributed by atoms with van der Waals surface area (Å²) < 4.78 is 71.0. The molecule has 28 heavy (non-hydrogen) atoms. The van der Waals surface area contributed by atoms with Crippen LogP contribution in [-0.2, 0) is 21.0 Å². The largest absolute Gasteiger partial charge is 0.465 e. The monoisotopic (exact) mass is 414 g/mol. The maximum atomic E-state index is 13.2. The molecule has 0 saturated carbocycles. The molecule has 1 aromatic heterocycles. The molecule has 1 fully saturated rings. The number of amides is 1. The van der Waals surface area contributed by atoms with Gasteiger partial charge in [0.25, 0.3) is 0 Å². The molecular weight excluding hydrogens is 397 g/mol. The lowest BCUT2D eigenvalue weighted by molar-refractivity contribution is -0.139. The van der Waals surface area contributed by atoms with Gasteiger partial charge in [-0.2, -0.15) is 17.5 Å². The Balaban J connectivity index is 1.70. The SMILES string of the molecule is O=C(C=Cc1ccco1)N1CCN(S(=O)(=O)c2ccccc2C(F)(F)F)CC1. The Morgan fingerprint density at radius 3 is 2.32 bits per heavy atom. The molecule has 1 saturated heterocycles. The van der Waals surface area contributed by atoms with Crippen molar-refractivity contribution in [1.29, 1.82) is 0 Å². The summed E-state index contributed by atoms with van der Waals surface area (Å²) >= 11 is 0. The summed E-state index contributed by atoms with van der Waals surface area (Å²) in [6.45, 7) is -0.0206. The van der Waals surface area contributed by atoms with Crippen molar-refractivity contribution in [1.82, 2.24) is 9.21 Å². The molecule has 2 aromatic rings. The van der Waals surface area contributed by atoms with Gasteiger partial charge in [0.1, 0.15) is 5.76 Å². The molecule has 1 aliphatic heterocycles. The maximum absolute atomic E-state index is 13.2. The highest BCUT2D eigenvalue weighted by Crippen LogP contribution is 2.35. The van der Waals surface area contributed by atoms with E-state index in [1.54, 1.807) is 12.1 Å². The minimum atomic E-state index is -4.78. The number of hydrogen-bond donors (Lipinski definition) is 0. The van der Waals surface area contributed by atoms with Gasteiger partial charge in [0, 0.05) is 32.3 Å². The van der Waals surface area contributed by atoms with E-state index in [9.17, 15) is 26.4 Å². The zero-order valence-electron chi connectivity index (χ0n) is 14.6. The molecule has 0 spiro atoms. The van der Waals surface area contributed by atoms with Gasteiger partial charge < -0.3 is 9.32 Å². The Bertz CT molecular complexity index is 961. The molecule has 10 heteroatoms. The van der Waals surface area contributed by atoms with Crippen LogP contribution in [-0.4, -0.2) is 49.7 Å². The fourth-order valence-electron chi connectivity index (χ4n) is 2.86. The first-order chi connectivity index (χ1) is 13.2. The van der Waals surface area contributed by atoms with Gasteiger partial charge in [0.05, 0.1) is 16.7 Å². The van der Waals surface area contributed by atoms with E-state index in [1.807, 2.05) is 0 Å². The number of alkyl halides is 3. The standard InChI is InChI=1S/C18H17F3N2O4S/c19-18(20,21)15-5-1-2-6-16(15)28(25,26)23-11-9-22(10-12-23)17(24)8-7-14-4-3-13-27-14/h1-8,13H,9-12H2. The second kappa shape index (κ2) is 7.80. The molecule has 6 nitrogen and oxygen atoms in total. The summed E-state index contributed by atoms with van der Waals surface area (Å²) in [7, 11) is -4.33. The Morgan fingerprint density at radius 1 is 1.04 bits per heavy atom. The zero-order valence-corrected chi connectivity index (χ0v) is 15.4. The molecule has 0 unspecified atom stereocenters. The molecule has 1 amide bonds. The van der Waals surface area contributed by atoms with E-state index in [0.29, 0.717) is 5.76 Å². The van der Waals surface area contributed by atoms with Gasteiger partial charge in [-0.15, -0.1) is 0 Å². The van der Waals surface area contributed by atoms with Gasteiger partial charge in [0.15, 0.2) is 0 Å². The molecule has 2 heterocycles. The van der Waals surface area contributed by atoms with Crippen LogP contribution < -0.4 is 0 Å². The third-order valence-electron chi connectivity index (χ3n) is 4.29. The molecule has 0 bridgehead atoms. The Kier molecular flexibility index (Phi) is 5.61. The van der Waals surface area contributed by atoms with Gasteiger partial charge >= 0.3 is 6.18 Å². The summed E-state index contributed by atoms with van der Waals surface area (Å²) in [6, 6.07) is 7.43. The van der Waals surface area contributed by atoms with Crippen LogP contribution in [0.1, 0.15) is 11.3 Å². The van der Waals surface area contributed by atoms with Crippen LogP contribution in [0.15, 0.2) is 58.1 Å². The van der Waals surface area contributed by atoms with E-state index < -0.39 is 26.7 Å². The van der Waals surface area contributed by atoms with Crippen molar-refractivity contribution in [2.75, 3.05) is 26.2 Å². The number of sulfonamides is 1. The predicted molar refractivity (Wildman–Crippen MR) is 94.5 cm³/mol. The molecule has 1 aromatic carbocycles. The average Bonchev–Trinajstić information content (AvgIpc) is 3.19. The normalized spacial score (nSPS) is 16.6. The minimum Gasteiger partial charge on any atom is -0.465 e. The van der Waals surface area contributed by atoms with Crippen LogP contribution in [0.3, 0.4) is 0 Å². The van der Waals surface area contributed by atoms with Crippen LogP contribution in [0.4, 0.5) is 13.2 Å². The number of benzene rings is 1. The van der Waals surface area contributed by atoms with Gasteiger partial charge in [-0.1, -0.05) is 12.1 Å². The van der Waals surface area contributed by atoms with Crippen molar-refractivity contribution in [3.05, 3.63) is 60.1 Å². The second-order valence-corrected chi connectivity index (χ2v) is 7.98. The lowest BCUT2D eigenvalue weighted by Crippen LogP contribution is -2.50. The molecule has 0 N–H and O–H groups in total. The average molecular weight is 414 g/mol. The first kappa shape index (κ1) is 20.2. The number of hydrogen-bond acceptors (Lipinski definition) is 4. The summed E-state index contributed by atoms with van der Waals surface area (Å²) in [5.41, 5.74) is -1.20. The number of piperazine rings is 1. The number of carbonyl (C=O) groups is 1. The van der Waals surface area contributed by atoms with Gasteiger partial charge in [-0.3, -0.25) is 4.79 Å². The lowest BCUT2D eigenvalue weighted by Gasteiger charge is -2.33.